The Morgan fingerprint density at radius 1 is 1.24 bits per heavy atom. The number of carbonyl (C=O) groups is 1. The first-order chi connectivity index (χ1) is 8.01. The van der Waals surface area contributed by atoms with Gasteiger partial charge in [-0.05, 0) is 38.2 Å². The van der Waals surface area contributed by atoms with Gasteiger partial charge in [0.1, 0.15) is 0 Å². The third kappa shape index (κ3) is 3.09. The topological polar surface area (TPSA) is 20.3 Å². The summed E-state index contributed by atoms with van der Waals surface area (Å²) in [6, 6.07) is 2.94. The van der Waals surface area contributed by atoms with Gasteiger partial charge in [0.2, 0.25) is 0 Å². The first-order valence-electron chi connectivity index (χ1n) is 5.74. The number of rotatable bonds is 5. The third-order valence-electron chi connectivity index (χ3n) is 2.94. The van der Waals surface area contributed by atoms with Gasteiger partial charge in [0.25, 0.3) is 0 Å². The Morgan fingerprint density at radius 2 is 1.82 bits per heavy atom. The molecular formula is C13H17F2NO. The summed E-state index contributed by atoms with van der Waals surface area (Å²) in [7, 11) is 0. The SMILES string of the molecule is CCN(CC)C(C)C(=O)c1ccc(F)c(F)c1. The van der Waals surface area contributed by atoms with Crippen LogP contribution in [-0.4, -0.2) is 29.8 Å². The van der Waals surface area contributed by atoms with Crippen LogP contribution in [0.3, 0.4) is 0 Å². The van der Waals surface area contributed by atoms with Crippen LogP contribution in [0.1, 0.15) is 31.1 Å². The predicted molar refractivity (Wildman–Crippen MR) is 63.1 cm³/mol. The molecule has 0 aliphatic rings. The number of benzene rings is 1. The van der Waals surface area contributed by atoms with Gasteiger partial charge in [0.05, 0.1) is 6.04 Å². The molecule has 0 amide bonds. The molecule has 0 N–H and O–H groups in total. The fraction of sp³-hybridized carbons (Fsp3) is 0.462. The molecule has 0 aliphatic heterocycles. The Kier molecular flexibility index (Phi) is 4.75. The van der Waals surface area contributed by atoms with Gasteiger partial charge in [-0.1, -0.05) is 13.8 Å². The lowest BCUT2D eigenvalue weighted by Crippen LogP contribution is -2.38. The molecule has 17 heavy (non-hydrogen) atoms. The zero-order valence-corrected chi connectivity index (χ0v) is 10.3. The summed E-state index contributed by atoms with van der Waals surface area (Å²) in [5, 5.41) is 0. The molecule has 0 bridgehead atoms. The minimum atomic E-state index is -0.984. The quantitative estimate of drug-likeness (QED) is 0.739. The molecular weight excluding hydrogens is 224 g/mol. The van der Waals surface area contributed by atoms with Crippen LogP contribution in [0.15, 0.2) is 18.2 Å². The van der Waals surface area contributed by atoms with E-state index in [2.05, 4.69) is 0 Å². The summed E-state index contributed by atoms with van der Waals surface area (Å²) in [6.07, 6.45) is 0. The van der Waals surface area contributed by atoms with Gasteiger partial charge in [-0.15, -0.1) is 0 Å². The normalized spacial score (nSPS) is 12.8. The van der Waals surface area contributed by atoms with E-state index < -0.39 is 11.6 Å². The lowest BCUT2D eigenvalue weighted by atomic mass is 10.0. The Labute approximate surface area is 100 Å². The summed E-state index contributed by atoms with van der Waals surface area (Å²) in [4.78, 5) is 14.0. The average Bonchev–Trinajstić information content (AvgIpc) is 2.33. The summed E-state index contributed by atoms with van der Waals surface area (Å²) >= 11 is 0. The fourth-order valence-corrected chi connectivity index (χ4v) is 1.83. The summed E-state index contributed by atoms with van der Waals surface area (Å²) < 4.78 is 25.8. The molecule has 1 atom stereocenters. The molecule has 94 valence electrons. The number of likely N-dealkylation sites (N-methyl/N-ethyl adjacent to an activating group) is 1. The zero-order chi connectivity index (χ0) is 13.0. The van der Waals surface area contributed by atoms with E-state index in [0.717, 1.165) is 25.2 Å². The van der Waals surface area contributed by atoms with Crippen LogP contribution in [0.2, 0.25) is 0 Å². The van der Waals surface area contributed by atoms with Crippen LogP contribution >= 0.6 is 0 Å². The highest BCUT2D eigenvalue weighted by molar-refractivity contribution is 5.99. The molecule has 0 fully saturated rings. The predicted octanol–water partition coefficient (Wildman–Crippen LogP) is 2.88. The number of halogens is 2. The highest BCUT2D eigenvalue weighted by Gasteiger charge is 2.21. The Bertz CT molecular complexity index is 402. The average molecular weight is 241 g/mol. The smallest absolute Gasteiger partial charge is 0.179 e. The first-order valence-corrected chi connectivity index (χ1v) is 5.74. The van der Waals surface area contributed by atoms with Gasteiger partial charge in [0, 0.05) is 5.56 Å². The zero-order valence-electron chi connectivity index (χ0n) is 10.3. The molecule has 1 unspecified atom stereocenters. The van der Waals surface area contributed by atoms with Crippen molar-refractivity contribution in [1.82, 2.24) is 4.90 Å². The van der Waals surface area contributed by atoms with E-state index in [1.54, 1.807) is 6.92 Å². The number of Topliss-reactive ketones (excluding diaryl/α,β-unsaturated/α-hetero) is 1. The molecule has 0 heterocycles. The standard InChI is InChI=1S/C13H17F2NO/c1-4-16(5-2)9(3)13(17)10-6-7-11(14)12(15)8-10/h6-9H,4-5H2,1-3H3. The molecule has 0 spiro atoms. The van der Waals surface area contributed by atoms with E-state index >= 15 is 0 Å². The van der Waals surface area contributed by atoms with Crippen molar-refractivity contribution in [3.8, 4) is 0 Å². The maximum absolute atomic E-state index is 13.0. The van der Waals surface area contributed by atoms with Crippen LogP contribution in [0, 0.1) is 11.6 Å². The summed E-state index contributed by atoms with van der Waals surface area (Å²) in [6.45, 7) is 7.17. The molecule has 0 saturated heterocycles. The van der Waals surface area contributed by atoms with Crippen LogP contribution in [-0.2, 0) is 0 Å². The molecule has 4 heteroatoms. The van der Waals surface area contributed by atoms with Crippen molar-refractivity contribution in [3.63, 3.8) is 0 Å². The van der Waals surface area contributed by atoms with Gasteiger partial charge in [-0.25, -0.2) is 8.78 Å². The van der Waals surface area contributed by atoms with Crippen LogP contribution < -0.4 is 0 Å². The summed E-state index contributed by atoms with van der Waals surface area (Å²) in [5.74, 6) is -2.10. The first kappa shape index (κ1) is 13.8. The molecule has 0 aliphatic carbocycles. The fourth-order valence-electron chi connectivity index (χ4n) is 1.83. The van der Waals surface area contributed by atoms with Gasteiger partial charge >= 0.3 is 0 Å². The number of hydrogen-bond donors (Lipinski definition) is 0. The van der Waals surface area contributed by atoms with Crippen LogP contribution in [0.25, 0.3) is 0 Å². The van der Waals surface area contributed by atoms with Gasteiger partial charge in [-0.2, -0.15) is 0 Å². The maximum Gasteiger partial charge on any atom is 0.179 e. The summed E-state index contributed by atoms with van der Waals surface area (Å²) in [5.41, 5.74) is 0.211. The van der Waals surface area contributed by atoms with Crippen LogP contribution in [0.5, 0.6) is 0 Å². The maximum atomic E-state index is 13.0. The van der Waals surface area contributed by atoms with Crippen molar-refractivity contribution < 1.29 is 13.6 Å². The third-order valence-corrected chi connectivity index (χ3v) is 2.94. The monoisotopic (exact) mass is 241 g/mol. The minimum Gasteiger partial charge on any atom is -0.294 e. The van der Waals surface area contributed by atoms with Gasteiger partial charge < -0.3 is 0 Å². The Hall–Kier alpha value is -1.29. The van der Waals surface area contributed by atoms with Gasteiger partial charge in [-0.3, -0.25) is 9.69 Å². The highest BCUT2D eigenvalue weighted by atomic mass is 19.2. The number of ketones is 1. The van der Waals surface area contributed by atoms with Crippen LogP contribution in [0.4, 0.5) is 8.78 Å². The highest BCUT2D eigenvalue weighted by Crippen LogP contribution is 2.13. The van der Waals surface area contributed by atoms with E-state index in [1.165, 1.54) is 6.07 Å². The lowest BCUT2D eigenvalue weighted by molar-refractivity contribution is 0.0851. The Balaban J connectivity index is 2.92. The number of carbonyl (C=O) groups excluding carboxylic acids is 1. The van der Waals surface area contributed by atoms with E-state index in [4.69, 9.17) is 0 Å². The largest absolute Gasteiger partial charge is 0.294 e. The second kappa shape index (κ2) is 5.87. The van der Waals surface area contributed by atoms with Crippen molar-refractivity contribution in [3.05, 3.63) is 35.4 Å². The molecule has 1 rings (SSSR count). The lowest BCUT2D eigenvalue weighted by Gasteiger charge is -2.25. The van der Waals surface area contributed by atoms with Crippen molar-refractivity contribution >= 4 is 5.78 Å². The van der Waals surface area contributed by atoms with E-state index in [1.807, 2.05) is 18.7 Å². The van der Waals surface area contributed by atoms with Crippen molar-refractivity contribution in [2.75, 3.05) is 13.1 Å². The second-order valence-corrected chi connectivity index (χ2v) is 3.89. The van der Waals surface area contributed by atoms with Crippen molar-refractivity contribution in [2.45, 2.75) is 26.8 Å². The van der Waals surface area contributed by atoms with Crippen molar-refractivity contribution in [2.24, 2.45) is 0 Å². The molecule has 0 aromatic heterocycles. The second-order valence-electron chi connectivity index (χ2n) is 3.89. The van der Waals surface area contributed by atoms with Crippen molar-refractivity contribution in [1.29, 1.82) is 0 Å². The van der Waals surface area contributed by atoms with E-state index in [-0.39, 0.29) is 17.4 Å². The molecule has 2 nitrogen and oxygen atoms in total. The van der Waals surface area contributed by atoms with Gasteiger partial charge in [0.15, 0.2) is 17.4 Å². The molecule has 1 aromatic rings. The molecule has 0 saturated carbocycles. The minimum absolute atomic E-state index is 0.187. The molecule has 1 aromatic carbocycles. The van der Waals surface area contributed by atoms with E-state index in [0.29, 0.717) is 0 Å². The Morgan fingerprint density at radius 3 is 2.29 bits per heavy atom. The van der Waals surface area contributed by atoms with E-state index in [9.17, 15) is 13.6 Å². The number of hydrogen-bond acceptors (Lipinski definition) is 2. The number of nitrogens with zero attached hydrogens (tertiary/aromatic N) is 1. The molecule has 0 radical (unpaired) electrons.